The Labute approximate surface area is 64.9 Å². The number of rotatable bonds is 4. The van der Waals surface area contributed by atoms with Crippen molar-refractivity contribution in [2.24, 2.45) is 0 Å². The van der Waals surface area contributed by atoms with Crippen LogP contribution in [0.25, 0.3) is 0 Å². The molecule has 0 amide bonds. The molecule has 0 radical (unpaired) electrons. The van der Waals surface area contributed by atoms with Crippen LogP contribution < -0.4 is 0 Å². The second-order valence-corrected chi connectivity index (χ2v) is 2.48. The Morgan fingerprint density at radius 2 is 1.64 bits per heavy atom. The van der Waals surface area contributed by atoms with Crippen LogP contribution >= 0.6 is 0 Å². The minimum Gasteiger partial charge on any atom is -0.360 e. The van der Waals surface area contributed by atoms with E-state index in [2.05, 4.69) is 4.74 Å². The van der Waals surface area contributed by atoms with Gasteiger partial charge in [-0.3, -0.25) is 0 Å². The molecule has 0 atom stereocenters. The first-order valence-corrected chi connectivity index (χ1v) is 3.34. The Morgan fingerprint density at radius 1 is 1.18 bits per heavy atom. The molecule has 4 N–H and O–H groups in total. The van der Waals surface area contributed by atoms with E-state index in [9.17, 15) is 0 Å². The normalized spacial score (nSPS) is 13.6. The minimum absolute atomic E-state index is 0.0453. The highest BCUT2D eigenvalue weighted by molar-refractivity contribution is 4.67. The van der Waals surface area contributed by atoms with Crippen molar-refractivity contribution in [2.75, 3.05) is 6.61 Å². The molecular weight excluding hydrogens is 152 g/mol. The summed E-state index contributed by atoms with van der Waals surface area (Å²) in [6, 6.07) is 0. The van der Waals surface area contributed by atoms with E-state index in [1.165, 1.54) is 0 Å². The van der Waals surface area contributed by atoms with E-state index in [-0.39, 0.29) is 6.61 Å². The Balaban J connectivity index is 4.00. The molecule has 0 aromatic rings. The van der Waals surface area contributed by atoms with Crippen molar-refractivity contribution < 1.29 is 25.2 Å². The van der Waals surface area contributed by atoms with Gasteiger partial charge in [0.15, 0.2) is 0 Å². The third-order valence-corrected chi connectivity index (χ3v) is 1.12. The molecule has 0 aliphatic carbocycles. The molecule has 0 aromatic heterocycles. The third kappa shape index (κ3) is 3.13. The van der Waals surface area contributed by atoms with Crippen molar-refractivity contribution in [3.8, 4) is 0 Å². The summed E-state index contributed by atoms with van der Waals surface area (Å²) in [6.07, 6.45) is 0.555. The van der Waals surface area contributed by atoms with Crippen molar-refractivity contribution >= 4 is 0 Å². The van der Waals surface area contributed by atoms with Gasteiger partial charge in [0.2, 0.25) is 5.79 Å². The van der Waals surface area contributed by atoms with Gasteiger partial charge in [-0.1, -0.05) is 6.92 Å². The second kappa shape index (κ2) is 3.46. The maximum atomic E-state index is 8.82. The minimum atomic E-state index is -2.90. The molecule has 0 unspecified atom stereocenters. The summed E-state index contributed by atoms with van der Waals surface area (Å²) in [6.45, 7) is 2.62. The van der Waals surface area contributed by atoms with Gasteiger partial charge in [-0.2, -0.15) is 0 Å². The average molecular weight is 166 g/mol. The highest BCUT2D eigenvalue weighted by Gasteiger charge is 2.44. The van der Waals surface area contributed by atoms with Crippen molar-refractivity contribution in [1.29, 1.82) is 0 Å². The van der Waals surface area contributed by atoms with Crippen molar-refractivity contribution in [2.45, 2.75) is 32.0 Å². The molecule has 0 fully saturated rings. The van der Waals surface area contributed by atoms with Crippen molar-refractivity contribution in [3.05, 3.63) is 0 Å². The summed E-state index contributed by atoms with van der Waals surface area (Å²) in [7, 11) is 0. The fraction of sp³-hybridized carbons (Fsp3) is 1.00. The molecule has 0 heterocycles. The summed E-state index contributed by atoms with van der Waals surface area (Å²) in [5.41, 5.74) is 0. The van der Waals surface area contributed by atoms with Crippen LogP contribution in [0.2, 0.25) is 0 Å². The third-order valence-electron chi connectivity index (χ3n) is 1.12. The van der Waals surface area contributed by atoms with Crippen LogP contribution in [0.4, 0.5) is 0 Å². The molecule has 68 valence electrons. The lowest BCUT2D eigenvalue weighted by molar-refractivity contribution is -0.454. The van der Waals surface area contributed by atoms with E-state index < -0.39 is 11.8 Å². The van der Waals surface area contributed by atoms with Crippen LogP contribution in [0.5, 0.6) is 0 Å². The molecule has 0 bridgehead atoms. The predicted octanol–water partition coefficient (Wildman–Crippen LogP) is -1.25. The standard InChI is InChI=1S/C6H14O5/c1-3-4-11-6(9,10)5(2,7)8/h7-10H,3-4H2,1-2H3. The van der Waals surface area contributed by atoms with Gasteiger partial charge in [0.05, 0.1) is 6.61 Å². The first-order valence-electron chi connectivity index (χ1n) is 3.34. The van der Waals surface area contributed by atoms with E-state index in [1.54, 1.807) is 6.92 Å². The summed E-state index contributed by atoms with van der Waals surface area (Å²) in [4.78, 5) is 0. The number of ether oxygens (including phenoxy) is 1. The SMILES string of the molecule is CCCOC(O)(O)C(C)(O)O. The van der Waals surface area contributed by atoms with Gasteiger partial charge >= 0.3 is 5.97 Å². The summed E-state index contributed by atoms with van der Waals surface area (Å²) in [5.74, 6) is -5.56. The monoisotopic (exact) mass is 166 g/mol. The number of aliphatic hydroxyl groups is 4. The van der Waals surface area contributed by atoms with Crippen LogP contribution in [0.15, 0.2) is 0 Å². The van der Waals surface area contributed by atoms with Crippen molar-refractivity contribution in [1.82, 2.24) is 0 Å². The fourth-order valence-corrected chi connectivity index (χ4v) is 0.381. The van der Waals surface area contributed by atoms with Crippen LogP contribution in [-0.4, -0.2) is 38.8 Å². The van der Waals surface area contributed by atoms with E-state index >= 15 is 0 Å². The van der Waals surface area contributed by atoms with Gasteiger partial charge in [0.1, 0.15) is 0 Å². The Bertz CT molecular complexity index is 115. The summed E-state index contributed by atoms with van der Waals surface area (Å²) in [5, 5.41) is 35.0. The zero-order valence-electron chi connectivity index (χ0n) is 6.61. The molecule has 0 saturated carbocycles. The Hall–Kier alpha value is -0.200. The highest BCUT2D eigenvalue weighted by Crippen LogP contribution is 2.17. The molecule has 5 nitrogen and oxygen atoms in total. The quantitative estimate of drug-likeness (QED) is 0.392. The topological polar surface area (TPSA) is 90.2 Å². The number of hydrogen-bond acceptors (Lipinski definition) is 5. The second-order valence-electron chi connectivity index (χ2n) is 2.48. The molecule has 0 saturated heterocycles. The lowest BCUT2D eigenvalue weighted by Gasteiger charge is -2.30. The van der Waals surface area contributed by atoms with Gasteiger partial charge in [-0.25, -0.2) is 0 Å². The Morgan fingerprint density at radius 3 is 1.91 bits per heavy atom. The molecule has 0 aromatic carbocycles. The first kappa shape index (κ1) is 10.8. The Kier molecular flexibility index (Phi) is 3.40. The molecule has 0 aliphatic heterocycles. The summed E-state index contributed by atoms with van der Waals surface area (Å²) < 4.78 is 4.35. The van der Waals surface area contributed by atoms with Gasteiger partial charge < -0.3 is 25.2 Å². The van der Waals surface area contributed by atoms with E-state index in [4.69, 9.17) is 20.4 Å². The lowest BCUT2D eigenvalue weighted by atomic mass is 10.3. The fourth-order valence-electron chi connectivity index (χ4n) is 0.381. The van der Waals surface area contributed by atoms with Crippen LogP contribution in [0.1, 0.15) is 20.3 Å². The average Bonchev–Trinajstić information content (AvgIpc) is 1.81. The van der Waals surface area contributed by atoms with Gasteiger partial charge in [0, 0.05) is 0 Å². The maximum absolute atomic E-state index is 8.82. The van der Waals surface area contributed by atoms with E-state index in [0.717, 1.165) is 6.92 Å². The van der Waals surface area contributed by atoms with Gasteiger partial charge in [-0.15, -0.1) is 0 Å². The van der Waals surface area contributed by atoms with E-state index in [1.807, 2.05) is 0 Å². The van der Waals surface area contributed by atoms with Gasteiger partial charge in [-0.05, 0) is 13.3 Å². The lowest BCUT2D eigenvalue weighted by Crippen LogP contribution is -2.54. The maximum Gasteiger partial charge on any atom is 0.334 e. The predicted molar refractivity (Wildman–Crippen MR) is 36.3 cm³/mol. The number of hydrogen-bond donors (Lipinski definition) is 4. The molecule has 0 aliphatic rings. The molecule has 0 rings (SSSR count). The first-order chi connectivity index (χ1) is 4.81. The van der Waals surface area contributed by atoms with Crippen molar-refractivity contribution in [3.63, 3.8) is 0 Å². The molecule has 5 heteroatoms. The van der Waals surface area contributed by atoms with Crippen LogP contribution in [0.3, 0.4) is 0 Å². The van der Waals surface area contributed by atoms with Crippen LogP contribution in [0, 0.1) is 0 Å². The van der Waals surface area contributed by atoms with Crippen LogP contribution in [-0.2, 0) is 4.74 Å². The smallest absolute Gasteiger partial charge is 0.334 e. The molecule has 11 heavy (non-hydrogen) atoms. The van der Waals surface area contributed by atoms with Gasteiger partial charge in [0.25, 0.3) is 0 Å². The zero-order valence-corrected chi connectivity index (χ0v) is 6.61. The largest absolute Gasteiger partial charge is 0.360 e. The highest BCUT2D eigenvalue weighted by atomic mass is 16.8. The summed E-state index contributed by atoms with van der Waals surface area (Å²) >= 11 is 0. The molecular formula is C6H14O5. The zero-order chi connectivity index (χ0) is 9.12. The van der Waals surface area contributed by atoms with E-state index in [0.29, 0.717) is 6.42 Å². The molecule has 0 spiro atoms.